The minimum Gasteiger partial charge on any atom is -0.481 e. The molecule has 0 aliphatic heterocycles. The Morgan fingerprint density at radius 3 is 2.56 bits per heavy atom. The maximum absolute atomic E-state index is 12.7. The van der Waals surface area contributed by atoms with Gasteiger partial charge in [-0.05, 0) is 65.9 Å². The molecule has 3 aromatic carbocycles. The molecule has 0 radical (unpaired) electrons. The number of hydrogen-bond acceptors (Lipinski definition) is 5. The Hall–Kier alpha value is -3.65. The molecule has 0 spiro atoms. The van der Waals surface area contributed by atoms with E-state index in [1.54, 1.807) is 12.1 Å². The number of aromatic nitrogens is 1. The van der Waals surface area contributed by atoms with Gasteiger partial charge >= 0.3 is 11.9 Å². The van der Waals surface area contributed by atoms with Gasteiger partial charge < -0.3 is 24.8 Å². The fourth-order valence-corrected chi connectivity index (χ4v) is 5.82. The summed E-state index contributed by atoms with van der Waals surface area (Å²) in [6, 6.07) is 22.7. The van der Waals surface area contributed by atoms with Crippen molar-refractivity contribution in [3.63, 3.8) is 0 Å². The molecule has 2 bridgehead atoms. The summed E-state index contributed by atoms with van der Waals surface area (Å²) in [6.07, 6.45) is 0.0441. The predicted octanol–water partition coefficient (Wildman–Crippen LogP) is 5.30. The van der Waals surface area contributed by atoms with E-state index in [1.807, 2.05) is 65.2 Å². The molecule has 4 atom stereocenters. The summed E-state index contributed by atoms with van der Waals surface area (Å²) in [5.74, 6) is -2.29. The highest BCUT2D eigenvalue weighted by molar-refractivity contribution is 6.30. The molecule has 1 heterocycles. The van der Waals surface area contributed by atoms with Gasteiger partial charge in [-0.2, -0.15) is 0 Å². The van der Waals surface area contributed by atoms with Crippen molar-refractivity contribution in [3.05, 3.63) is 106 Å². The van der Waals surface area contributed by atoms with Gasteiger partial charge in [0.2, 0.25) is 0 Å². The van der Waals surface area contributed by atoms with Crippen molar-refractivity contribution in [2.75, 3.05) is 13.7 Å². The lowest BCUT2D eigenvalue weighted by Crippen LogP contribution is -2.32. The van der Waals surface area contributed by atoms with E-state index in [2.05, 4.69) is 12.2 Å². The third-order valence-corrected chi connectivity index (χ3v) is 7.78. The van der Waals surface area contributed by atoms with Crippen molar-refractivity contribution in [2.24, 2.45) is 0 Å². The van der Waals surface area contributed by atoms with Crippen molar-refractivity contribution < 1.29 is 24.5 Å². The molecule has 1 aromatic heterocycles. The number of halogens is 1. The maximum Gasteiger partial charge on any atom is 0.354 e. The standard InChI is InChI=1S/C31H31ClN2O5/c1-18(33-16-28(35)21-6-4-8-24(32)14-21)11-19-9-10-26-23(12-19)15-27(31(38)39-2)34(26)17-25-20-5-3-7-22(13-20)29(25)30(36)37/h3-10,12-15,18,25,28-29,33,35H,11,16-17H2,1-2H3,(H,36,37). The number of nitrogens with zero attached hydrogens (tertiary/aromatic N) is 1. The molecule has 1 aliphatic rings. The van der Waals surface area contributed by atoms with Gasteiger partial charge in [0.15, 0.2) is 0 Å². The fourth-order valence-electron chi connectivity index (χ4n) is 5.62. The highest BCUT2D eigenvalue weighted by Gasteiger charge is 2.37. The van der Waals surface area contributed by atoms with Crippen molar-refractivity contribution >= 4 is 34.4 Å². The molecule has 4 aromatic rings. The van der Waals surface area contributed by atoms with E-state index in [1.165, 1.54) is 7.11 Å². The van der Waals surface area contributed by atoms with Gasteiger partial charge in [-0.25, -0.2) is 4.79 Å². The van der Waals surface area contributed by atoms with Crippen LogP contribution in [0.1, 0.15) is 57.6 Å². The predicted molar refractivity (Wildman–Crippen MR) is 150 cm³/mol. The number of fused-ring (bicyclic) bond motifs is 3. The number of rotatable bonds is 10. The Morgan fingerprint density at radius 2 is 1.82 bits per heavy atom. The Balaban J connectivity index is 1.35. The second-order valence-electron chi connectivity index (χ2n) is 10.2. The Labute approximate surface area is 232 Å². The summed E-state index contributed by atoms with van der Waals surface area (Å²) < 4.78 is 6.95. The van der Waals surface area contributed by atoms with E-state index >= 15 is 0 Å². The molecule has 7 nitrogen and oxygen atoms in total. The molecule has 0 fully saturated rings. The van der Waals surface area contributed by atoms with Crippen LogP contribution in [-0.2, 0) is 22.5 Å². The Bertz CT molecular complexity index is 1530. The van der Waals surface area contributed by atoms with Gasteiger partial charge in [-0.15, -0.1) is 0 Å². The number of benzene rings is 3. The molecule has 0 saturated carbocycles. The van der Waals surface area contributed by atoms with Crippen molar-refractivity contribution in [1.82, 2.24) is 9.88 Å². The Morgan fingerprint density at radius 1 is 1.05 bits per heavy atom. The second-order valence-corrected chi connectivity index (χ2v) is 10.6. The number of ether oxygens (including phenoxy) is 1. The van der Waals surface area contributed by atoms with Crippen LogP contribution in [0.15, 0.2) is 72.8 Å². The Kier molecular flexibility index (Phi) is 7.75. The van der Waals surface area contributed by atoms with Gasteiger partial charge in [0.05, 0.1) is 19.1 Å². The maximum atomic E-state index is 12.7. The molecule has 1 aliphatic carbocycles. The molecule has 8 heteroatoms. The van der Waals surface area contributed by atoms with Crippen LogP contribution in [0, 0.1) is 0 Å². The minimum atomic E-state index is -0.874. The number of aliphatic hydroxyl groups is 1. The number of aliphatic hydroxyl groups excluding tert-OH is 1. The smallest absolute Gasteiger partial charge is 0.354 e. The zero-order valence-electron chi connectivity index (χ0n) is 21.8. The number of esters is 1. The lowest BCUT2D eigenvalue weighted by Gasteiger charge is -2.20. The number of methoxy groups -OCH3 is 1. The summed E-state index contributed by atoms with van der Waals surface area (Å²) >= 11 is 6.04. The molecule has 0 amide bonds. The highest BCUT2D eigenvalue weighted by Crippen LogP contribution is 2.42. The molecule has 4 unspecified atom stereocenters. The van der Waals surface area contributed by atoms with Gasteiger partial charge in [-0.3, -0.25) is 4.79 Å². The third kappa shape index (κ3) is 5.57. The first-order chi connectivity index (χ1) is 18.7. The molecule has 0 saturated heterocycles. The topological polar surface area (TPSA) is 101 Å². The summed E-state index contributed by atoms with van der Waals surface area (Å²) in [5.41, 5.74) is 4.81. The molecular formula is C31H31ClN2O5. The van der Waals surface area contributed by atoms with Crippen LogP contribution in [0.5, 0.6) is 0 Å². The van der Waals surface area contributed by atoms with E-state index in [9.17, 15) is 19.8 Å². The summed E-state index contributed by atoms with van der Waals surface area (Å²) in [4.78, 5) is 24.9. The first-order valence-electron chi connectivity index (χ1n) is 12.9. The second kappa shape index (κ2) is 11.2. The zero-order valence-corrected chi connectivity index (χ0v) is 22.6. The monoisotopic (exact) mass is 546 g/mol. The van der Waals surface area contributed by atoms with Gasteiger partial charge in [0, 0.05) is 41.0 Å². The van der Waals surface area contributed by atoms with E-state index in [-0.39, 0.29) is 12.0 Å². The third-order valence-electron chi connectivity index (χ3n) is 7.54. The van der Waals surface area contributed by atoms with Gasteiger partial charge in [0.1, 0.15) is 5.69 Å². The lowest BCUT2D eigenvalue weighted by molar-refractivity contribution is -0.139. The minimum absolute atomic E-state index is 0.0829. The number of aliphatic carboxylic acids is 1. The largest absolute Gasteiger partial charge is 0.481 e. The van der Waals surface area contributed by atoms with E-state index < -0.39 is 24.0 Å². The van der Waals surface area contributed by atoms with Gasteiger partial charge in [0.25, 0.3) is 0 Å². The van der Waals surface area contributed by atoms with E-state index in [4.69, 9.17) is 16.3 Å². The number of carboxylic acid groups (broad SMARTS) is 1. The molecule has 202 valence electrons. The molecule has 5 rings (SSSR count). The van der Waals surface area contributed by atoms with Crippen molar-refractivity contribution in [3.8, 4) is 0 Å². The van der Waals surface area contributed by atoms with Gasteiger partial charge in [-0.1, -0.05) is 54.1 Å². The van der Waals surface area contributed by atoms with Crippen LogP contribution in [-0.4, -0.2) is 46.4 Å². The summed E-state index contributed by atoms with van der Waals surface area (Å²) in [5, 5.41) is 25.3. The zero-order chi connectivity index (χ0) is 27.7. The van der Waals surface area contributed by atoms with Crippen LogP contribution in [0.25, 0.3) is 10.9 Å². The van der Waals surface area contributed by atoms with Crippen molar-refractivity contribution in [2.45, 2.75) is 43.9 Å². The number of carboxylic acids is 1. The lowest BCUT2D eigenvalue weighted by atomic mass is 9.91. The average Bonchev–Trinajstić information content (AvgIpc) is 3.40. The number of carbonyl (C=O) groups excluding carboxylic acids is 1. The normalized spacial score (nSPS) is 17.7. The first kappa shape index (κ1) is 26.9. The van der Waals surface area contributed by atoms with E-state index in [0.717, 1.165) is 33.2 Å². The summed E-state index contributed by atoms with van der Waals surface area (Å²) in [7, 11) is 1.35. The van der Waals surface area contributed by atoms with Crippen LogP contribution in [0.4, 0.5) is 0 Å². The van der Waals surface area contributed by atoms with E-state index in [0.29, 0.717) is 30.2 Å². The molecular weight excluding hydrogens is 516 g/mol. The van der Waals surface area contributed by atoms with Crippen LogP contribution < -0.4 is 5.32 Å². The highest BCUT2D eigenvalue weighted by atomic mass is 35.5. The molecule has 39 heavy (non-hydrogen) atoms. The van der Waals surface area contributed by atoms with Crippen LogP contribution >= 0.6 is 11.6 Å². The average molecular weight is 547 g/mol. The van der Waals surface area contributed by atoms with Crippen LogP contribution in [0.2, 0.25) is 5.02 Å². The van der Waals surface area contributed by atoms with Crippen molar-refractivity contribution in [1.29, 1.82) is 0 Å². The SMILES string of the molecule is COC(=O)c1cc2cc(CC(C)NCC(O)c3cccc(Cl)c3)ccc2n1CC1c2cccc(c2)C1C(=O)O. The first-order valence-corrected chi connectivity index (χ1v) is 13.3. The van der Waals surface area contributed by atoms with Crippen LogP contribution in [0.3, 0.4) is 0 Å². The number of nitrogens with one attached hydrogen (secondary N) is 1. The quantitative estimate of drug-likeness (QED) is 0.233. The fraction of sp³-hybridized carbons (Fsp3) is 0.290. The summed E-state index contributed by atoms with van der Waals surface area (Å²) in [6.45, 7) is 2.79. The molecule has 3 N–H and O–H groups in total. The number of carbonyl (C=O) groups is 2. The number of hydrogen-bond donors (Lipinski definition) is 3.